The summed E-state index contributed by atoms with van der Waals surface area (Å²) in [6, 6.07) is 3.57. The summed E-state index contributed by atoms with van der Waals surface area (Å²) in [5.41, 5.74) is 0. The van der Waals surface area contributed by atoms with E-state index >= 15 is 0 Å². The van der Waals surface area contributed by atoms with Crippen LogP contribution in [0.4, 0.5) is 0 Å². The van der Waals surface area contributed by atoms with Gasteiger partial charge in [-0.2, -0.15) is 5.26 Å². The second-order valence-electron chi connectivity index (χ2n) is 5.14. The molecule has 4 atom stereocenters. The molecule has 0 aromatic rings. The van der Waals surface area contributed by atoms with E-state index in [1.807, 2.05) is 0 Å². The van der Waals surface area contributed by atoms with Gasteiger partial charge in [0.25, 0.3) is 0 Å². The van der Waals surface area contributed by atoms with Gasteiger partial charge in [0.05, 0.1) is 12.0 Å². The molecule has 1 aliphatic carbocycles. The maximum Gasteiger partial charge on any atom is 0.0672 e. The minimum atomic E-state index is 0.250. The average molecular weight is 208 g/mol. The highest BCUT2D eigenvalue weighted by Gasteiger charge is 2.32. The Balaban J connectivity index is 2.67. The van der Waals surface area contributed by atoms with Gasteiger partial charge in [0.1, 0.15) is 0 Å². The van der Waals surface area contributed by atoms with Gasteiger partial charge in [-0.15, -0.1) is 0 Å². The Labute approximate surface area is 94.3 Å². The van der Waals surface area contributed by atoms with Crippen molar-refractivity contribution in [1.82, 2.24) is 4.90 Å². The molecule has 0 amide bonds. The van der Waals surface area contributed by atoms with Gasteiger partial charge in [-0.1, -0.05) is 13.8 Å². The molecule has 0 aromatic heterocycles. The van der Waals surface area contributed by atoms with Crippen LogP contribution in [0.25, 0.3) is 0 Å². The zero-order chi connectivity index (χ0) is 11.4. The molecular weight excluding hydrogens is 184 g/mol. The Bertz CT molecular complexity index is 231. The molecule has 0 heterocycles. The Kier molecular flexibility index (Phi) is 4.60. The summed E-state index contributed by atoms with van der Waals surface area (Å²) in [6.07, 6.45) is 4.67. The second-order valence-corrected chi connectivity index (χ2v) is 5.14. The Morgan fingerprint density at radius 2 is 2.13 bits per heavy atom. The topological polar surface area (TPSA) is 27.0 Å². The van der Waals surface area contributed by atoms with Gasteiger partial charge in [0.15, 0.2) is 0 Å². The van der Waals surface area contributed by atoms with Crippen LogP contribution < -0.4 is 0 Å². The fourth-order valence-corrected chi connectivity index (χ4v) is 2.57. The lowest BCUT2D eigenvalue weighted by Gasteiger charge is -2.40. The standard InChI is InChI=1S/C13H24N2/c1-5-11(3)15(4)13-8-10(2)6-7-12(13)9-14/h10-13H,5-8H2,1-4H3. The molecule has 1 rings (SSSR count). The summed E-state index contributed by atoms with van der Waals surface area (Å²) in [6.45, 7) is 6.79. The maximum atomic E-state index is 9.17. The molecule has 0 saturated heterocycles. The fraction of sp³-hybridized carbons (Fsp3) is 0.923. The van der Waals surface area contributed by atoms with E-state index in [1.165, 1.54) is 19.3 Å². The summed E-state index contributed by atoms with van der Waals surface area (Å²) in [5.74, 6) is 1.03. The van der Waals surface area contributed by atoms with Crippen molar-refractivity contribution in [2.75, 3.05) is 7.05 Å². The van der Waals surface area contributed by atoms with Crippen molar-refractivity contribution in [3.05, 3.63) is 0 Å². The van der Waals surface area contributed by atoms with E-state index in [1.54, 1.807) is 0 Å². The third kappa shape index (κ3) is 2.95. The fourth-order valence-electron chi connectivity index (χ4n) is 2.57. The van der Waals surface area contributed by atoms with E-state index in [-0.39, 0.29) is 5.92 Å². The van der Waals surface area contributed by atoms with Gasteiger partial charge < -0.3 is 0 Å². The van der Waals surface area contributed by atoms with Gasteiger partial charge in [0.2, 0.25) is 0 Å². The summed E-state index contributed by atoms with van der Waals surface area (Å²) >= 11 is 0. The maximum absolute atomic E-state index is 9.17. The largest absolute Gasteiger partial charge is 0.299 e. The molecule has 2 nitrogen and oxygen atoms in total. The Hall–Kier alpha value is -0.550. The average Bonchev–Trinajstić information content (AvgIpc) is 2.27. The van der Waals surface area contributed by atoms with Crippen molar-refractivity contribution in [2.24, 2.45) is 11.8 Å². The van der Waals surface area contributed by atoms with Crippen molar-refractivity contribution in [3.8, 4) is 6.07 Å². The quantitative estimate of drug-likeness (QED) is 0.713. The van der Waals surface area contributed by atoms with Crippen LogP contribution in [0.1, 0.15) is 46.5 Å². The number of rotatable bonds is 3. The number of nitriles is 1. The van der Waals surface area contributed by atoms with Crippen LogP contribution in [0.15, 0.2) is 0 Å². The first-order valence-corrected chi connectivity index (χ1v) is 6.21. The predicted octanol–water partition coefficient (Wildman–Crippen LogP) is 3.05. The van der Waals surface area contributed by atoms with Crippen molar-refractivity contribution in [1.29, 1.82) is 5.26 Å². The van der Waals surface area contributed by atoms with E-state index in [0.717, 1.165) is 12.3 Å². The summed E-state index contributed by atoms with van der Waals surface area (Å²) < 4.78 is 0. The molecule has 86 valence electrons. The molecule has 1 aliphatic rings. The molecule has 4 unspecified atom stereocenters. The monoisotopic (exact) mass is 208 g/mol. The lowest BCUT2D eigenvalue weighted by Crippen LogP contribution is -2.45. The van der Waals surface area contributed by atoms with E-state index in [9.17, 15) is 5.26 Å². The summed E-state index contributed by atoms with van der Waals surface area (Å²) in [7, 11) is 2.18. The van der Waals surface area contributed by atoms with E-state index in [4.69, 9.17) is 0 Å². The highest BCUT2D eigenvalue weighted by Crippen LogP contribution is 2.32. The lowest BCUT2D eigenvalue weighted by atomic mass is 9.78. The second kappa shape index (κ2) is 5.51. The molecule has 0 N–H and O–H groups in total. The first-order chi connectivity index (χ1) is 7.10. The minimum absolute atomic E-state index is 0.250. The van der Waals surface area contributed by atoms with Crippen LogP contribution in [-0.2, 0) is 0 Å². The zero-order valence-electron chi connectivity index (χ0n) is 10.5. The minimum Gasteiger partial charge on any atom is -0.299 e. The molecule has 0 radical (unpaired) electrons. The molecule has 15 heavy (non-hydrogen) atoms. The Morgan fingerprint density at radius 1 is 1.47 bits per heavy atom. The van der Waals surface area contributed by atoms with Crippen LogP contribution >= 0.6 is 0 Å². The lowest BCUT2D eigenvalue weighted by molar-refractivity contribution is 0.0960. The number of nitrogens with zero attached hydrogens (tertiary/aromatic N) is 2. The highest BCUT2D eigenvalue weighted by atomic mass is 15.2. The SMILES string of the molecule is CCC(C)N(C)C1CC(C)CCC1C#N. The van der Waals surface area contributed by atoms with Crippen molar-refractivity contribution < 1.29 is 0 Å². The molecule has 0 aromatic carbocycles. The van der Waals surface area contributed by atoms with E-state index in [0.29, 0.717) is 12.1 Å². The third-order valence-corrected chi connectivity index (χ3v) is 4.05. The molecule has 1 fully saturated rings. The highest BCUT2D eigenvalue weighted by molar-refractivity contribution is 4.97. The van der Waals surface area contributed by atoms with Gasteiger partial charge >= 0.3 is 0 Å². The Morgan fingerprint density at radius 3 is 2.67 bits per heavy atom. The molecule has 1 saturated carbocycles. The van der Waals surface area contributed by atoms with Crippen molar-refractivity contribution in [2.45, 2.75) is 58.5 Å². The summed E-state index contributed by atoms with van der Waals surface area (Å²) in [4.78, 5) is 2.42. The summed E-state index contributed by atoms with van der Waals surface area (Å²) in [5, 5.41) is 9.17. The van der Waals surface area contributed by atoms with Crippen molar-refractivity contribution in [3.63, 3.8) is 0 Å². The van der Waals surface area contributed by atoms with Crippen LogP contribution in [0, 0.1) is 23.2 Å². The van der Waals surface area contributed by atoms with E-state index in [2.05, 4.69) is 38.8 Å². The molecule has 0 aliphatic heterocycles. The first kappa shape index (κ1) is 12.5. The predicted molar refractivity (Wildman–Crippen MR) is 63.4 cm³/mol. The van der Waals surface area contributed by atoms with E-state index < -0.39 is 0 Å². The van der Waals surface area contributed by atoms with Crippen LogP contribution in [-0.4, -0.2) is 24.0 Å². The zero-order valence-corrected chi connectivity index (χ0v) is 10.5. The van der Waals surface area contributed by atoms with Crippen LogP contribution in [0.3, 0.4) is 0 Å². The van der Waals surface area contributed by atoms with Crippen LogP contribution in [0.5, 0.6) is 0 Å². The van der Waals surface area contributed by atoms with Gasteiger partial charge in [-0.25, -0.2) is 0 Å². The molecule has 0 bridgehead atoms. The smallest absolute Gasteiger partial charge is 0.0672 e. The third-order valence-electron chi connectivity index (χ3n) is 4.05. The molecule has 0 spiro atoms. The first-order valence-electron chi connectivity index (χ1n) is 6.21. The molecule has 2 heteroatoms. The van der Waals surface area contributed by atoms with Crippen LogP contribution in [0.2, 0.25) is 0 Å². The number of hydrogen-bond donors (Lipinski definition) is 0. The number of hydrogen-bond acceptors (Lipinski definition) is 2. The van der Waals surface area contributed by atoms with Gasteiger partial charge in [0, 0.05) is 12.1 Å². The van der Waals surface area contributed by atoms with Crippen molar-refractivity contribution >= 4 is 0 Å². The normalized spacial score (nSPS) is 33.7. The van der Waals surface area contributed by atoms with Gasteiger partial charge in [-0.05, 0) is 45.6 Å². The van der Waals surface area contributed by atoms with Gasteiger partial charge in [-0.3, -0.25) is 4.90 Å². The molecular formula is C13H24N2.